The highest BCUT2D eigenvalue weighted by Crippen LogP contribution is 2.36. The van der Waals surface area contributed by atoms with Gasteiger partial charge in [-0.05, 0) is 42.5 Å². The maximum absolute atomic E-state index is 13.3. The van der Waals surface area contributed by atoms with Crippen molar-refractivity contribution in [2.24, 2.45) is 0 Å². The van der Waals surface area contributed by atoms with E-state index in [0.29, 0.717) is 38.4 Å². The van der Waals surface area contributed by atoms with Gasteiger partial charge in [0, 0.05) is 16.7 Å². The fraction of sp³-hybridized carbons (Fsp3) is 0.120. The molecule has 0 fully saturated rings. The van der Waals surface area contributed by atoms with Gasteiger partial charge in [0.15, 0.2) is 12.4 Å². The molecule has 1 N–H and O–H groups in total. The van der Waals surface area contributed by atoms with Crippen molar-refractivity contribution in [2.45, 2.75) is 0 Å². The molecule has 9 heteroatoms. The molecule has 0 saturated heterocycles. The van der Waals surface area contributed by atoms with E-state index in [4.69, 9.17) is 41.8 Å². The fourth-order valence-corrected chi connectivity index (χ4v) is 3.72. The normalized spacial score (nSPS) is 10.7. The molecule has 4 rings (SSSR count). The Labute approximate surface area is 204 Å². The van der Waals surface area contributed by atoms with E-state index < -0.39 is 17.9 Å². The maximum atomic E-state index is 13.3. The summed E-state index contributed by atoms with van der Waals surface area (Å²) in [6.07, 6.45) is 0. The molecular weight excluding hydrogens is 481 g/mol. The number of carbonyl (C=O) groups is 1. The van der Waals surface area contributed by atoms with Crippen LogP contribution < -0.4 is 25.0 Å². The summed E-state index contributed by atoms with van der Waals surface area (Å²) in [6.45, 7) is -0.469. The lowest BCUT2D eigenvalue weighted by Crippen LogP contribution is -2.23. The molecule has 1 heterocycles. The number of fused-ring (bicyclic) bond motifs is 1. The molecule has 7 nitrogen and oxygen atoms in total. The molecule has 34 heavy (non-hydrogen) atoms. The third-order valence-electron chi connectivity index (χ3n) is 4.96. The van der Waals surface area contributed by atoms with Crippen LogP contribution in [0.5, 0.6) is 17.2 Å². The highest BCUT2D eigenvalue weighted by molar-refractivity contribution is 6.33. The standard InChI is InChI=1S/C25H19Cl2NO6/c1-31-15-8-9-19(21(12-15)32-2)28-22(29)13-33-25-23(30)17-11-14(26)7-10-20(17)34-24(25)16-5-3-4-6-18(16)27/h3-12H,13H2,1-2H3,(H,28,29). The van der Waals surface area contributed by atoms with E-state index in [2.05, 4.69) is 5.32 Å². The number of amides is 1. The second kappa shape index (κ2) is 10.1. The number of carbonyl (C=O) groups excluding carboxylic acids is 1. The molecular formula is C25H19Cl2NO6. The minimum absolute atomic E-state index is 0.111. The van der Waals surface area contributed by atoms with Crippen LogP contribution >= 0.6 is 23.2 Å². The zero-order chi connectivity index (χ0) is 24.2. The van der Waals surface area contributed by atoms with Crippen molar-refractivity contribution in [2.75, 3.05) is 26.1 Å². The number of methoxy groups -OCH3 is 2. The van der Waals surface area contributed by atoms with Crippen LogP contribution in [0.1, 0.15) is 0 Å². The summed E-state index contributed by atoms with van der Waals surface area (Å²) in [5, 5.41) is 3.63. The molecule has 0 spiro atoms. The van der Waals surface area contributed by atoms with Gasteiger partial charge in [-0.2, -0.15) is 0 Å². The van der Waals surface area contributed by atoms with Crippen LogP contribution in [0.2, 0.25) is 10.0 Å². The van der Waals surface area contributed by atoms with Gasteiger partial charge in [-0.15, -0.1) is 0 Å². The molecule has 0 aliphatic heterocycles. The number of ether oxygens (including phenoxy) is 3. The Bertz CT molecular complexity index is 1430. The van der Waals surface area contributed by atoms with Crippen molar-refractivity contribution in [3.8, 4) is 28.6 Å². The van der Waals surface area contributed by atoms with Crippen LogP contribution in [0.4, 0.5) is 5.69 Å². The summed E-state index contributed by atoms with van der Waals surface area (Å²) >= 11 is 12.4. The van der Waals surface area contributed by atoms with Crippen LogP contribution in [-0.2, 0) is 4.79 Å². The third kappa shape index (κ3) is 4.81. The zero-order valence-electron chi connectivity index (χ0n) is 18.2. The number of benzene rings is 3. The average Bonchev–Trinajstić information content (AvgIpc) is 2.84. The van der Waals surface area contributed by atoms with Gasteiger partial charge in [0.05, 0.1) is 30.3 Å². The molecule has 1 aromatic heterocycles. The molecule has 0 atom stereocenters. The lowest BCUT2D eigenvalue weighted by Gasteiger charge is -2.14. The second-order valence-corrected chi connectivity index (χ2v) is 7.96. The van der Waals surface area contributed by atoms with Crippen molar-refractivity contribution < 1.29 is 23.4 Å². The summed E-state index contributed by atoms with van der Waals surface area (Å²) in [7, 11) is 3.00. The second-order valence-electron chi connectivity index (χ2n) is 7.11. The molecule has 4 aromatic rings. The first-order valence-corrected chi connectivity index (χ1v) is 10.8. The van der Waals surface area contributed by atoms with Crippen LogP contribution in [-0.4, -0.2) is 26.7 Å². The number of hydrogen-bond acceptors (Lipinski definition) is 6. The number of halogens is 2. The van der Waals surface area contributed by atoms with Gasteiger partial charge in [0.1, 0.15) is 17.1 Å². The predicted octanol–water partition coefficient (Wildman–Crippen LogP) is 5.80. The van der Waals surface area contributed by atoms with E-state index in [1.165, 1.54) is 20.3 Å². The van der Waals surface area contributed by atoms with E-state index >= 15 is 0 Å². The minimum atomic E-state index is -0.515. The van der Waals surface area contributed by atoms with Gasteiger partial charge in [0.2, 0.25) is 11.2 Å². The van der Waals surface area contributed by atoms with Gasteiger partial charge >= 0.3 is 0 Å². The number of nitrogens with one attached hydrogen (secondary N) is 1. The highest BCUT2D eigenvalue weighted by Gasteiger charge is 2.21. The van der Waals surface area contributed by atoms with E-state index in [1.807, 2.05) is 0 Å². The Kier molecular flexibility index (Phi) is 6.95. The van der Waals surface area contributed by atoms with Crippen LogP contribution in [0, 0.1) is 0 Å². The van der Waals surface area contributed by atoms with Gasteiger partial charge in [-0.3, -0.25) is 9.59 Å². The number of rotatable bonds is 7. The minimum Gasteiger partial charge on any atom is -0.497 e. The average molecular weight is 500 g/mol. The van der Waals surface area contributed by atoms with Gasteiger partial charge in [-0.1, -0.05) is 35.3 Å². The molecule has 174 valence electrons. The molecule has 0 bridgehead atoms. The van der Waals surface area contributed by atoms with Gasteiger partial charge < -0.3 is 23.9 Å². The summed E-state index contributed by atoms with van der Waals surface area (Å²) in [5.41, 5.74) is 0.698. The topological polar surface area (TPSA) is 87.0 Å². The summed E-state index contributed by atoms with van der Waals surface area (Å²) < 4.78 is 22.1. The SMILES string of the molecule is COc1ccc(NC(=O)COc2c(-c3ccccc3Cl)oc3ccc(Cl)cc3c2=O)c(OC)c1. The number of anilines is 1. The summed E-state index contributed by atoms with van der Waals surface area (Å²) in [5.74, 6) is 0.423. The van der Waals surface area contributed by atoms with Crippen molar-refractivity contribution in [1.82, 2.24) is 0 Å². The molecule has 0 saturated carbocycles. The molecule has 0 radical (unpaired) electrons. The first kappa shape index (κ1) is 23.5. The molecule has 0 unspecified atom stereocenters. The predicted molar refractivity (Wildman–Crippen MR) is 132 cm³/mol. The number of hydrogen-bond donors (Lipinski definition) is 1. The highest BCUT2D eigenvalue weighted by atomic mass is 35.5. The quantitative estimate of drug-likeness (QED) is 0.345. The molecule has 0 aliphatic carbocycles. The zero-order valence-corrected chi connectivity index (χ0v) is 19.7. The van der Waals surface area contributed by atoms with E-state index in [1.54, 1.807) is 54.6 Å². The largest absolute Gasteiger partial charge is 0.497 e. The monoisotopic (exact) mass is 499 g/mol. The van der Waals surface area contributed by atoms with Crippen LogP contribution in [0.3, 0.4) is 0 Å². The van der Waals surface area contributed by atoms with Crippen molar-refractivity contribution in [3.63, 3.8) is 0 Å². The molecule has 3 aromatic carbocycles. The Morgan fingerprint density at radius 3 is 2.53 bits per heavy atom. The van der Waals surface area contributed by atoms with E-state index in [-0.39, 0.29) is 16.9 Å². The third-order valence-corrected chi connectivity index (χ3v) is 5.52. The summed E-state index contributed by atoms with van der Waals surface area (Å²) in [4.78, 5) is 25.9. The van der Waals surface area contributed by atoms with E-state index in [0.717, 1.165) is 0 Å². The van der Waals surface area contributed by atoms with Gasteiger partial charge in [0.25, 0.3) is 5.91 Å². The van der Waals surface area contributed by atoms with Crippen molar-refractivity contribution in [1.29, 1.82) is 0 Å². The Balaban J connectivity index is 1.68. The lowest BCUT2D eigenvalue weighted by molar-refractivity contribution is -0.118. The smallest absolute Gasteiger partial charge is 0.262 e. The maximum Gasteiger partial charge on any atom is 0.262 e. The Hall–Kier alpha value is -3.68. The fourth-order valence-electron chi connectivity index (χ4n) is 3.33. The Morgan fingerprint density at radius 2 is 1.79 bits per heavy atom. The Morgan fingerprint density at radius 1 is 1.00 bits per heavy atom. The van der Waals surface area contributed by atoms with Crippen molar-refractivity contribution in [3.05, 3.63) is 80.9 Å². The first-order valence-electron chi connectivity index (χ1n) is 10.1. The summed E-state index contributed by atoms with van der Waals surface area (Å²) in [6, 6.07) is 16.5. The van der Waals surface area contributed by atoms with Crippen LogP contribution in [0.15, 0.2) is 69.9 Å². The lowest BCUT2D eigenvalue weighted by atomic mass is 10.1. The first-order chi connectivity index (χ1) is 16.4. The van der Waals surface area contributed by atoms with Gasteiger partial charge in [-0.25, -0.2) is 0 Å². The van der Waals surface area contributed by atoms with E-state index in [9.17, 15) is 9.59 Å². The molecule has 0 aliphatic rings. The van der Waals surface area contributed by atoms with Crippen molar-refractivity contribution >= 4 is 45.8 Å². The van der Waals surface area contributed by atoms with Crippen LogP contribution in [0.25, 0.3) is 22.3 Å². The molecule has 1 amide bonds.